The molecule has 1 aliphatic rings. The fourth-order valence-corrected chi connectivity index (χ4v) is 3.88. The van der Waals surface area contributed by atoms with Gasteiger partial charge in [-0.3, -0.25) is 24.6 Å². The maximum atomic E-state index is 12.5. The monoisotopic (exact) mass is 436 g/mol. The standard InChI is InChI=1S/C22H20N4O4S/c1-2-31-17-9-3-14(4-10-17)13-18-24-25-22(30-18)23-21(29)15-5-7-16(8-6-15)26-19(27)11-12-20(26)28/h3-10H,2,11-13H2,1H3,(H,23,25,29). The summed E-state index contributed by atoms with van der Waals surface area (Å²) in [4.78, 5) is 38.4. The minimum atomic E-state index is -0.429. The van der Waals surface area contributed by atoms with Gasteiger partial charge in [0.25, 0.3) is 5.91 Å². The van der Waals surface area contributed by atoms with Crippen LogP contribution in [0.5, 0.6) is 0 Å². The number of nitrogens with one attached hydrogen (secondary N) is 1. The van der Waals surface area contributed by atoms with Crippen LogP contribution in [0.1, 0.15) is 41.6 Å². The van der Waals surface area contributed by atoms with Crippen molar-refractivity contribution >= 4 is 41.2 Å². The first-order valence-corrected chi connectivity index (χ1v) is 10.8. The van der Waals surface area contributed by atoms with Crippen LogP contribution >= 0.6 is 11.8 Å². The van der Waals surface area contributed by atoms with E-state index in [0.717, 1.165) is 16.2 Å². The third-order valence-corrected chi connectivity index (χ3v) is 5.61. The maximum Gasteiger partial charge on any atom is 0.322 e. The van der Waals surface area contributed by atoms with Crippen molar-refractivity contribution < 1.29 is 18.8 Å². The second-order valence-corrected chi connectivity index (χ2v) is 8.22. The Bertz CT molecular complexity index is 1090. The van der Waals surface area contributed by atoms with Crippen LogP contribution in [0.4, 0.5) is 11.7 Å². The van der Waals surface area contributed by atoms with Crippen molar-refractivity contribution in [2.75, 3.05) is 16.0 Å². The SMILES string of the molecule is CCSc1ccc(Cc2nnc(NC(=O)c3ccc(N4C(=O)CCC4=O)cc3)o2)cc1. The van der Waals surface area contributed by atoms with E-state index in [1.54, 1.807) is 23.9 Å². The van der Waals surface area contributed by atoms with E-state index in [1.807, 2.05) is 12.1 Å². The Hall–Kier alpha value is -3.46. The van der Waals surface area contributed by atoms with Gasteiger partial charge in [-0.1, -0.05) is 24.2 Å². The lowest BCUT2D eigenvalue weighted by atomic mass is 10.1. The number of hydrogen-bond acceptors (Lipinski definition) is 7. The predicted octanol–water partition coefficient (Wildman–Crippen LogP) is 3.68. The van der Waals surface area contributed by atoms with Crippen LogP contribution < -0.4 is 10.2 Å². The van der Waals surface area contributed by atoms with Gasteiger partial charge in [0.2, 0.25) is 17.7 Å². The van der Waals surface area contributed by atoms with Crippen LogP contribution in [0.3, 0.4) is 0 Å². The molecule has 9 heteroatoms. The van der Waals surface area contributed by atoms with Gasteiger partial charge in [-0.25, -0.2) is 0 Å². The minimum Gasteiger partial charge on any atom is -0.407 e. The molecule has 1 N–H and O–H groups in total. The van der Waals surface area contributed by atoms with Crippen LogP contribution in [0.2, 0.25) is 0 Å². The molecule has 0 atom stereocenters. The third kappa shape index (κ3) is 4.83. The molecule has 0 unspecified atom stereocenters. The molecule has 158 valence electrons. The number of thioether (sulfide) groups is 1. The lowest BCUT2D eigenvalue weighted by Crippen LogP contribution is -2.28. The van der Waals surface area contributed by atoms with Gasteiger partial charge in [0, 0.05) is 23.3 Å². The predicted molar refractivity (Wildman–Crippen MR) is 116 cm³/mol. The Balaban J connectivity index is 1.37. The largest absolute Gasteiger partial charge is 0.407 e. The zero-order chi connectivity index (χ0) is 21.8. The van der Waals surface area contributed by atoms with Crippen LogP contribution in [-0.2, 0) is 16.0 Å². The smallest absolute Gasteiger partial charge is 0.322 e. The number of carbonyl (C=O) groups is 3. The number of amides is 3. The summed E-state index contributed by atoms with van der Waals surface area (Å²) < 4.78 is 5.53. The molecule has 2 heterocycles. The summed E-state index contributed by atoms with van der Waals surface area (Å²) in [6, 6.07) is 14.3. The Morgan fingerprint density at radius 1 is 1.03 bits per heavy atom. The van der Waals surface area contributed by atoms with Gasteiger partial charge in [0.05, 0.1) is 12.1 Å². The maximum absolute atomic E-state index is 12.5. The summed E-state index contributed by atoms with van der Waals surface area (Å²) in [6.07, 6.45) is 0.886. The third-order valence-electron chi connectivity index (χ3n) is 4.72. The second-order valence-electron chi connectivity index (χ2n) is 6.88. The van der Waals surface area contributed by atoms with Crippen LogP contribution in [0.25, 0.3) is 0 Å². The van der Waals surface area contributed by atoms with E-state index in [9.17, 15) is 14.4 Å². The Kier molecular flexibility index (Phi) is 6.13. The lowest BCUT2D eigenvalue weighted by Gasteiger charge is -2.13. The molecule has 0 saturated carbocycles. The Labute approximate surface area is 183 Å². The van der Waals surface area contributed by atoms with Crippen molar-refractivity contribution in [2.24, 2.45) is 0 Å². The van der Waals surface area contributed by atoms with Gasteiger partial charge < -0.3 is 4.42 Å². The van der Waals surface area contributed by atoms with E-state index in [2.05, 4.69) is 34.6 Å². The average Bonchev–Trinajstić information content (AvgIpc) is 3.35. The highest BCUT2D eigenvalue weighted by Crippen LogP contribution is 2.23. The van der Waals surface area contributed by atoms with Crippen LogP contribution in [-0.4, -0.2) is 33.7 Å². The van der Waals surface area contributed by atoms with Crippen molar-refractivity contribution in [1.82, 2.24) is 10.2 Å². The average molecular weight is 436 g/mol. The molecular weight excluding hydrogens is 416 g/mol. The van der Waals surface area contributed by atoms with Crippen molar-refractivity contribution in [2.45, 2.75) is 31.1 Å². The lowest BCUT2D eigenvalue weighted by molar-refractivity contribution is -0.121. The molecule has 0 radical (unpaired) electrons. The normalized spacial score (nSPS) is 13.6. The van der Waals surface area contributed by atoms with Gasteiger partial charge >= 0.3 is 6.01 Å². The minimum absolute atomic E-state index is 0.00661. The summed E-state index contributed by atoms with van der Waals surface area (Å²) >= 11 is 1.77. The van der Waals surface area contributed by atoms with Gasteiger partial charge in [0.15, 0.2) is 0 Å². The Morgan fingerprint density at radius 3 is 2.35 bits per heavy atom. The number of benzene rings is 2. The number of aromatic nitrogens is 2. The molecular formula is C22H20N4O4S. The van der Waals surface area contributed by atoms with E-state index in [0.29, 0.717) is 23.6 Å². The molecule has 3 aromatic rings. The van der Waals surface area contributed by atoms with Crippen molar-refractivity contribution in [1.29, 1.82) is 0 Å². The van der Waals surface area contributed by atoms with E-state index < -0.39 is 5.91 Å². The quantitative estimate of drug-likeness (QED) is 0.445. The number of carbonyl (C=O) groups excluding carboxylic acids is 3. The number of anilines is 2. The Morgan fingerprint density at radius 2 is 1.71 bits per heavy atom. The molecule has 8 nitrogen and oxygen atoms in total. The second kappa shape index (κ2) is 9.13. The number of nitrogens with zero attached hydrogens (tertiary/aromatic N) is 3. The summed E-state index contributed by atoms with van der Waals surface area (Å²) in [5.41, 5.74) is 1.82. The van der Waals surface area contributed by atoms with Crippen molar-refractivity contribution in [3.8, 4) is 0 Å². The molecule has 4 rings (SSSR count). The highest BCUT2D eigenvalue weighted by molar-refractivity contribution is 7.99. The molecule has 1 aromatic heterocycles. The summed E-state index contributed by atoms with van der Waals surface area (Å²) in [7, 11) is 0. The van der Waals surface area contributed by atoms with Crippen molar-refractivity contribution in [3.05, 3.63) is 65.5 Å². The van der Waals surface area contributed by atoms with Gasteiger partial charge in [-0.15, -0.1) is 16.9 Å². The van der Waals surface area contributed by atoms with Crippen LogP contribution in [0.15, 0.2) is 57.8 Å². The molecule has 1 aliphatic heterocycles. The molecule has 0 aliphatic carbocycles. The summed E-state index contributed by atoms with van der Waals surface area (Å²) in [5, 5.41) is 10.4. The van der Waals surface area contributed by atoms with Gasteiger partial charge in [-0.2, -0.15) is 0 Å². The van der Waals surface area contributed by atoms with E-state index in [-0.39, 0.29) is 30.7 Å². The van der Waals surface area contributed by atoms with Crippen molar-refractivity contribution in [3.63, 3.8) is 0 Å². The van der Waals surface area contributed by atoms with Gasteiger partial charge in [-0.05, 0) is 47.7 Å². The zero-order valence-corrected chi connectivity index (χ0v) is 17.6. The molecule has 0 spiro atoms. The van der Waals surface area contributed by atoms with Gasteiger partial charge in [0.1, 0.15) is 0 Å². The number of imide groups is 1. The summed E-state index contributed by atoms with van der Waals surface area (Å²) in [6.45, 7) is 2.11. The first-order valence-electron chi connectivity index (χ1n) is 9.85. The highest BCUT2D eigenvalue weighted by Gasteiger charge is 2.30. The van der Waals surface area contributed by atoms with Crippen LogP contribution in [0, 0.1) is 0 Å². The molecule has 2 aromatic carbocycles. The van der Waals surface area contributed by atoms with E-state index in [4.69, 9.17) is 4.42 Å². The molecule has 1 saturated heterocycles. The molecule has 3 amide bonds. The fourth-order valence-electron chi connectivity index (χ4n) is 3.22. The zero-order valence-electron chi connectivity index (χ0n) is 16.8. The molecule has 1 fully saturated rings. The molecule has 0 bridgehead atoms. The highest BCUT2D eigenvalue weighted by atomic mass is 32.2. The topological polar surface area (TPSA) is 105 Å². The fraction of sp³-hybridized carbons (Fsp3) is 0.227. The number of hydrogen-bond donors (Lipinski definition) is 1. The van der Waals surface area contributed by atoms with E-state index >= 15 is 0 Å². The van der Waals surface area contributed by atoms with E-state index in [1.165, 1.54) is 17.0 Å². The summed E-state index contributed by atoms with van der Waals surface area (Å²) in [5.74, 6) is 0.511. The first-order chi connectivity index (χ1) is 15.0. The first kappa shape index (κ1) is 20.8. The number of rotatable bonds is 7. The molecule has 31 heavy (non-hydrogen) atoms.